The molecule has 1 aromatic carbocycles. The number of fused-ring (bicyclic) bond motifs is 1. The Bertz CT molecular complexity index is 493. The number of aliphatic hydroxyl groups is 1. The number of aliphatic hydroxyl groups excluding tert-OH is 1. The smallest absolute Gasteiger partial charge is 0.0702 e. The van der Waals surface area contributed by atoms with Crippen molar-refractivity contribution in [2.24, 2.45) is 0 Å². The molecule has 0 atom stereocenters. The van der Waals surface area contributed by atoms with Crippen LogP contribution in [0.25, 0.3) is 10.9 Å². The zero-order chi connectivity index (χ0) is 12.8. The van der Waals surface area contributed by atoms with Gasteiger partial charge in [-0.2, -0.15) is 0 Å². The third-order valence-electron chi connectivity index (χ3n) is 3.03. The van der Waals surface area contributed by atoms with Crippen molar-refractivity contribution in [2.75, 3.05) is 19.7 Å². The number of hydrogen-bond donors (Lipinski definition) is 1. The fourth-order valence-corrected chi connectivity index (χ4v) is 2.21. The van der Waals surface area contributed by atoms with Crippen molar-refractivity contribution in [3.05, 3.63) is 42.1 Å². The van der Waals surface area contributed by atoms with E-state index in [1.807, 2.05) is 12.3 Å². The highest BCUT2D eigenvalue weighted by Crippen LogP contribution is 2.14. The van der Waals surface area contributed by atoms with Crippen LogP contribution in [0.5, 0.6) is 0 Å². The average molecular weight is 244 g/mol. The van der Waals surface area contributed by atoms with E-state index in [4.69, 9.17) is 5.11 Å². The molecule has 0 amide bonds. The Labute approximate surface area is 108 Å². The van der Waals surface area contributed by atoms with Crippen molar-refractivity contribution < 1.29 is 5.11 Å². The van der Waals surface area contributed by atoms with Gasteiger partial charge in [-0.1, -0.05) is 19.1 Å². The van der Waals surface area contributed by atoms with E-state index in [0.717, 1.165) is 31.6 Å². The molecule has 0 saturated heterocycles. The summed E-state index contributed by atoms with van der Waals surface area (Å²) in [5.74, 6) is 0. The van der Waals surface area contributed by atoms with E-state index in [9.17, 15) is 0 Å². The van der Waals surface area contributed by atoms with E-state index < -0.39 is 0 Å². The molecule has 0 aliphatic heterocycles. The summed E-state index contributed by atoms with van der Waals surface area (Å²) < 4.78 is 0. The molecule has 0 unspecified atom stereocenters. The number of hydrogen-bond acceptors (Lipinski definition) is 3. The molecule has 3 nitrogen and oxygen atoms in total. The molecule has 1 heterocycles. The Morgan fingerprint density at radius 3 is 2.89 bits per heavy atom. The minimum absolute atomic E-state index is 0.217. The van der Waals surface area contributed by atoms with Gasteiger partial charge in [0.2, 0.25) is 0 Å². The fraction of sp³-hybridized carbons (Fsp3) is 0.400. The Hall–Kier alpha value is -1.45. The van der Waals surface area contributed by atoms with E-state index in [-0.39, 0.29) is 6.61 Å². The molecule has 0 saturated carbocycles. The van der Waals surface area contributed by atoms with Gasteiger partial charge in [0.15, 0.2) is 0 Å². The SMILES string of the molecule is CCCN(CCO)Cc1ccc2ncccc2c1. The molecule has 0 aliphatic carbocycles. The zero-order valence-electron chi connectivity index (χ0n) is 10.8. The number of rotatable bonds is 6. The lowest BCUT2D eigenvalue weighted by atomic mass is 10.1. The molecule has 1 aromatic heterocycles. The maximum atomic E-state index is 9.06. The van der Waals surface area contributed by atoms with Crippen molar-refractivity contribution in [3.8, 4) is 0 Å². The number of nitrogens with zero attached hydrogens (tertiary/aromatic N) is 2. The lowest BCUT2D eigenvalue weighted by Gasteiger charge is -2.20. The zero-order valence-corrected chi connectivity index (χ0v) is 10.8. The molecular formula is C15H20N2O. The van der Waals surface area contributed by atoms with Gasteiger partial charge in [0.25, 0.3) is 0 Å². The molecule has 3 heteroatoms. The monoisotopic (exact) mass is 244 g/mol. The van der Waals surface area contributed by atoms with E-state index in [0.29, 0.717) is 0 Å². The molecule has 1 N–H and O–H groups in total. The topological polar surface area (TPSA) is 36.4 Å². The van der Waals surface area contributed by atoms with Crippen LogP contribution >= 0.6 is 0 Å². The quantitative estimate of drug-likeness (QED) is 0.848. The molecule has 2 rings (SSSR count). The van der Waals surface area contributed by atoms with Crippen molar-refractivity contribution in [1.82, 2.24) is 9.88 Å². The standard InChI is InChI=1S/C15H20N2O/c1-2-8-17(9-10-18)12-13-5-6-15-14(11-13)4-3-7-16-15/h3-7,11,18H,2,8-10,12H2,1H3. The first-order valence-electron chi connectivity index (χ1n) is 6.50. The molecule has 0 radical (unpaired) electrons. The summed E-state index contributed by atoms with van der Waals surface area (Å²) >= 11 is 0. The second-order valence-electron chi connectivity index (χ2n) is 4.53. The fourth-order valence-electron chi connectivity index (χ4n) is 2.21. The van der Waals surface area contributed by atoms with Crippen LogP contribution in [0.1, 0.15) is 18.9 Å². The van der Waals surface area contributed by atoms with Gasteiger partial charge in [0.1, 0.15) is 0 Å². The van der Waals surface area contributed by atoms with Crippen molar-refractivity contribution in [3.63, 3.8) is 0 Å². The number of benzene rings is 1. The van der Waals surface area contributed by atoms with E-state index >= 15 is 0 Å². The predicted octanol–water partition coefficient (Wildman–Crippen LogP) is 2.44. The molecular weight excluding hydrogens is 224 g/mol. The predicted molar refractivity (Wildman–Crippen MR) is 74.4 cm³/mol. The highest BCUT2D eigenvalue weighted by molar-refractivity contribution is 5.78. The van der Waals surface area contributed by atoms with Gasteiger partial charge in [-0.3, -0.25) is 9.88 Å². The van der Waals surface area contributed by atoms with Crippen molar-refractivity contribution in [2.45, 2.75) is 19.9 Å². The second kappa shape index (κ2) is 6.47. The van der Waals surface area contributed by atoms with Gasteiger partial charge in [-0.15, -0.1) is 0 Å². The third-order valence-corrected chi connectivity index (χ3v) is 3.03. The molecule has 0 bridgehead atoms. The van der Waals surface area contributed by atoms with Crippen LogP contribution in [0.3, 0.4) is 0 Å². The Balaban J connectivity index is 2.14. The molecule has 96 valence electrons. The first-order valence-corrected chi connectivity index (χ1v) is 6.50. The van der Waals surface area contributed by atoms with E-state index in [1.165, 1.54) is 10.9 Å². The van der Waals surface area contributed by atoms with Crippen LogP contribution in [0.4, 0.5) is 0 Å². The third kappa shape index (κ3) is 3.28. The molecule has 0 spiro atoms. The maximum Gasteiger partial charge on any atom is 0.0702 e. The van der Waals surface area contributed by atoms with Gasteiger partial charge < -0.3 is 5.11 Å². The van der Waals surface area contributed by atoms with Crippen molar-refractivity contribution in [1.29, 1.82) is 0 Å². The van der Waals surface area contributed by atoms with Gasteiger partial charge in [0, 0.05) is 24.7 Å². The minimum atomic E-state index is 0.217. The molecule has 0 fully saturated rings. The maximum absolute atomic E-state index is 9.06. The number of aromatic nitrogens is 1. The lowest BCUT2D eigenvalue weighted by Crippen LogP contribution is -2.27. The van der Waals surface area contributed by atoms with Gasteiger partial charge in [-0.25, -0.2) is 0 Å². The van der Waals surface area contributed by atoms with Crippen LogP contribution in [-0.2, 0) is 6.54 Å². The van der Waals surface area contributed by atoms with Crippen LogP contribution < -0.4 is 0 Å². The van der Waals surface area contributed by atoms with Crippen molar-refractivity contribution >= 4 is 10.9 Å². The first kappa shape index (κ1) is 13.0. The average Bonchev–Trinajstić information content (AvgIpc) is 2.39. The molecule has 2 aromatic rings. The van der Waals surface area contributed by atoms with Crippen LogP contribution in [0, 0.1) is 0 Å². The molecule has 18 heavy (non-hydrogen) atoms. The minimum Gasteiger partial charge on any atom is -0.395 e. The molecule has 0 aliphatic rings. The highest BCUT2D eigenvalue weighted by Gasteiger charge is 2.05. The lowest BCUT2D eigenvalue weighted by molar-refractivity contribution is 0.190. The van der Waals surface area contributed by atoms with Crippen LogP contribution in [0.2, 0.25) is 0 Å². The van der Waals surface area contributed by atoms with Gasteiger partial charge >= 0.3 is 0 Å². The van der Waals surface area contributed by atoms with E-state index in [1.54, 1.807) is 0 Å². The summed E-state index contributed by atoms with van der Waals surface area (Å²) in [5, 5.41) is 10.2. The highest BCUT2D eigenvalue weighted by atomic mass is 16.3. The first-order chi connectivity index (χ1) is 8.83. The summed E-state index contributed by atoms with van der Waals surface area (Å²) in [6.07, 6.45) is 2.92. The van der Waals surface area contributed by atoms with Crippen LogP contribution in [-0.4, -0.2) is 34.7 Å². The Kier molecular flexibility index (Phi) is 4.67. The summed E-state index contributed by atoms with van der Waals surface area (Å²) in [6, 6.07) is 10.4. The summed E-state index contributed by atoms with van der Waals surface area (Å²) in [6.45, 7) is 5.02. The Morgan fingerprint density at radius 1 is 1.22 bits per heavy atom. The summed E-state index contributed by atoms with van der Waals surface area (Å²) in [4.78, 5) is 6.60. The normalized spacial score (nSPS) is 11.3. The van der Waals surface area contributed by atoms with Crippen LogP contribution in [0.15, 0.2) is 36.5 Å². The summed E-state index contributed by atoms with van der Waals surface area (Å²) in [5.41, 5.74) is 2.31. The van der Waals surface area contributed by atoms with Gasteiger partial charge in [0.05, 0.1) is 12.1 Å². The second-order valence-corrected chi connectivity index (χ2v) is 4.53. The van der Waals surface area contributed by atoms with E-state index in [2.05, 4.69) is 41.1 Å². The number of pyridine rings is 1. The summed E-state index contributed by atoms with van der Waals surface area (Å²) in [7, 11) is 0. The Morgan fingerprint density at radius 2 is 2.11 bits per heavy atom. The van der Waals surface area contributed by atoms with Gasteiger partial charge in [-0.05, 0) is 36.7 Å². The largest absolute Gasteiger partial charge is 0.395 e.